The molecule has 3 aromatic rings. The van der Waals surface area contributed by atoms with Crippen molar-refractivity contribution in [2.45, 2.75) is 45.6 Å². The fourth-order valence-electron chi connectivity index (χ4n) is 4.10. The van der Waals surface area contributed by atoms with Gasteiger partial charge >= 0.3 is 0 Å². The molecule has 0 spiro atoms. The number of aromatic nitrogens is 4. The number of benzene rings is 1. The largest absolute Gasteiger partial charge is 0.342 e. The van der Waals surface area contributed by atoms with Gasteiger partial charge < -0.3 is 14.8 Å². The Morgan fingerprint density at radius 3 is 2.97 bits per heavy atom. The lowest BCUT2D eigenvalue weighted by molar-refractivity contribution is -0.136. The van der Waals surface area contributed by atoms with E-state index in [1.54, 1.807) is 24.9 Å². The Morgan fingerprint density at radius 1 is 1.34 bits per heavy atom. The quantitative estimate of drug-likeness (QED) is 0.603. The highest BCUT2D eigenvalue weighted by Crippen LogP contribution is 2.22. The molecule has 1 N–H and O–H groups in total. The van der Waals surface area contributed by atoms with Crippen LogP contribution in [0.15, 0.2) is 22.8 Å². The number of aromatic amines is 1. The molecule has 170 valence electrons. The fourth-order valence-corrected chi connectivity index (χ4v) is 4.10. The predicted octanol–water partition coefficient (Wildman–Crippen LogP) is 2.61. The lowest BCUT2D eigenvalue weighted by Crippen LogP contribution is -2.41. The third kappa shape index (κ3) is 5.12. The van der Waals surface area contributed by atoms with E-state index in [4.69, 9.17) is 0 Å². The molecule has 0 radical (unpaired) electrons. The topological polar surface area (TPSA) is 108 Å². The molecule has 32 heavy (non-hydrogen) atoms. The number of imidazole rings is 1. The van der Waals surface area contributed by atoms with Gasteiger partial charge in [0.25, 0.3) is 0 Å². The molecule has 0 aliphatic carbocycles. The number of H-pyrrole nitrogens is 1. The van der Waals surface area contributed by atoms with Gasteiger partial charge in [-0.2, -0.15) is 0 Å². The van der Waals surface area contributed by atoms with Crippen molar-refractivity contribution >= 4 is 22.8 Å². The molecule has 4 rings (SSSR count). The summed E-state index contributed by atoms with van der Waals surface area (Å²) in [6, 6.07) is 4.39. The zero-order chi connectivity index (χ0) is 22.7. The molecular formula is C22H27FN6O3. The van der Waals surface area contributed by atoms with Crippen molar-refractivity contribution in [3.63, 3.8) is 0 Å². The molecule has 0 saturated carbocycles. The monoisotopic (exact) mass is 442 g/mol. The number of carbonyl (C=O) groups excluding carboxylic acids is 2. The number of amides is 2. The second kappa shape index (κ2) is 9.46. The van der Waals surface area contributed by atoms with Gasteiger partial charge in [0.15, 0.2) is 0 Å². The zero-order valence-corrected chi connectivity index (χ0v) is 18.3. The molecule has 1 fully saturated rings. The summed E-state index contributed by atoms with van der Waals surface area (Å²) >= 11 is 0. The van der Waals surface area contributed by atoms with Gasteiger partial charge in [0.1, 0.15) is 23.0 Å². The highest BCUT2D eigenvalue weighted by Gasteiger charge is 2.26. The van der Waals surface area contributed by atoms with Crippen LogP contribution in [-0.4, -0.2) is 62.0 Å². The summed E-state index contributed by atoms with van der Waals surface area (Å²) in [5.41, 5.74) is 2.64. The van der Waals surface area contributed by atoms with E-state index < -0.39 is 0 Å². The summed E-state index contributed by atoms with van der Waals surface area (Å²) in [6.45, 7) is 3.42. The summed E-state index contributed by atoms with van der Waals surface area (Å²) < 4.78 is 18.0. The van der Waals surface area contributed by atoms with Gasteiger partial charge in [0, 0.05) is 39.4 Å². The molecule has 1 saturated heterocycles. The summed E-state index contributed by atoms with van der Waals surface area (Å²) in [5.74, 6) is 0.541. The van der Waals surface area contributed by atoms with Gasteiger partial charge in [-0.25, -0.2) is 14.0 Å². The van der Waals surface area contributed by atoms with Crippen molar-refractivity contribution in [3.8, 4) is 0 Å². The Balaban J connectivity index is 1.27. The smallest absolute Gasteiger partial charge is 0.223 e. The van der Waals surface area contributed by atoms with Gasteiger partial charge in [0.05, 0.1) is 17.6 Å². The lowest BCUT2D eigenvalue weighted by Gasteiger charge is -2.33. The van der Waals surface area contributed by atoms with E-state index >= 15 is 0 Å². The first kappa shape index (κ1) is 21.9. The molecule has 1 aliphatic rings. The maximum absolute atomic E-state index is 13.3. The van der Waals surface area contributed by atoms with Gasteiger partial charge in [0.2, 0.25) is 11.8 Å². The van der Waals surface area contributed by atoms with Crippen LogP contribution in [0.4, 0.5) is 4.39 Å². The molecule has 0 bridgehead atoms. The number of nitrogens with one attached hydrogen (secondary N) is 1. The zero-order valence-electron chi connectivity index (χ0n) is 18.3. The van der Waals surface area contributed by atoms with Gasteiger partial charge in [-0.1, -0.05) is 10.3 Å². The Kier molecular flexibility index (Phi) is 6.48. The number of nitrogens with zero attached hydrogens (tertiary/aromatic N) is 5. The number of carbonyl (C=O) groups is 2. The van der Waals surface area contributed by atoms with Crippen LogP contribution < -0.4 is 0 Å². The number of hydrogen-bond acceptors (Lipinski definition) is 6. The van der Waals surface area contributed by atoms with E-state index in [2.05, 4.69) is 24.9 Å². The van der Waals surface area contributed by atoms with Crippen molar-refractivity contribution in [3.05, 3.63) is 41.2 Å². The van der Waals surface area contributed by atoms with Crippen molar-refractivity contribution in [1.82, 2.24) is 30.1 Å². The van der Waals surface area contributed by atoms with Crippen molar-refractivity contribution in [2.75, 3.05) is 20.1 Å². The van der Waals surface area contributed by atoms with Crippen molar-refractivity contribution in [2.24, 2.45) is 5.92 Å². The molecular weight excluding hydrogens is 415 g/mol. The summed E-state index contributed by atoms with van der Waals surface area (Å²) in [5, 5.41) is 7.56. The molecule has 1 aliphatic heterocycles. The SMILES string of the molecule is Cc1nonc1CN(C)C(=O)C[C@H]1CCCN(C(=O)CCc2nc3ccc(F)cc3[nH]2)C1. The van der Waals surface area contributed by atoms with Gasteiger partial charge in [-0.05, 0) is 43.9 Å². The Hall–Kier alpha value is -3.30. The van der Waals surface area contributed by atoms with E-state index in [1.807, 2.05) is 4.90 Å². The van der Waals surface area contributed by atoms with Crippen LogP contribution in [0.5, 0.6) is 0 Å². The number of piperidine rings is 1. The fraction of sp³-hybridized carbons (Fsp3) is 0.500. The molecule has 2 amide bonds. The second-order valence-corrected chi connectivity index (χ2v) is 8.44. The highest BCUT2D eigenvalue weighted by atomic mass is 19.1. The number of rotatable bonds is 7. The third-order valence-electron chi connectivity index (χ3n) is 5.96. The standard InChI is InChI=1S/C22H27FN6O3/c1-14-19(27-32-26-14)13-28(2)22(31)10-15-4-3-9-29(12-15)21(30)8-7-20-24-17-6-5-16(23)11-18(17)25-20/h5-6,11,15H,3-4,7-10,12-13H2,1-2H3,(H,24,25)/t15-/m1/s1. The summed E-state index contributed by atoms with van der Waals surface area (Å²) in [4.78, 5) is 36.4. The average Bonchev–Trinajstić information content (AvgIpc) is 3.37. The first-order valence-electron chi connectivity index (χ1n) is 10.8. The van der Waals surface area contributed by atoms with Crippen LogP contribution in [0, 0.1) is 18.7 Å². The Morgan fingerprint density at radius 2 is 2.19 bits per heavy atom. The number of fused-ring (bicyclic) bond motifs is 1. The van der Waals surface area contributed by atoms with Crippen LogP contribution in [0.3, 0.4) is 0 Å². The number of aryl methyl sites for hydroxylation is 2. The predicted molar refractivity (Wildman–Crippen MR) is 114 cm³/mol. The number of halogens is 1. The molecule has 1 aromatic carbocycles. The van der Waals surface area contributed by atoms with Crippen molar-refractivity contribution < 1.29 is 18.6 Å². The molecule has 9 nitrogen and oxygen atoms in total. The number of hydrogen-bond donors (Lipinski definition) is 1. The minimum atomic E-state index is -0.323. The highest BCUT2D eigenvalue weighted by molar-refractivity contribution is 5.78. The third-order valence-corrected chi connectivity index (χ3v) is 5.96. The Bertz CT molecular complexity index is 1110. The van der Waals surface area contributed by atoms with E-state index in [1.165, 1.54) is 12.1 Å². The minimum Gasteiger partial charge on any atom is -0.342 e. The van der Waals surface area contributed by atoms with Crippen LogP contribution in [-0.2, 0) is 22.6 Å². The summed E-state index contributed by atoms with van der Waals surface area (Å²) in [6.07, 6.45) is 2.97. The van der Waals surface area contributed by atoms with E-state index in [9.17, 15) is 14.0 Å². The molecule has 0 unspecified atom stereocenters. The minimum absolute atomic E-state index is 0.0150. The first-order chi connectivity index (χ1) is 15.4. The maximum atomic E-state index is 13.3. The van der Waals surface area contributed by atoms with Crippen LogP contribution in [0.1, 0.15) is 42.9 Å². The normalized spacial score (nSPS) is 16.5. The average molecular weight is 442 g/mol. The Labute approximate surface area is 184 Å². The van der Waals surface area contributed by atoms with E-state index in [-0.39, 0.29) is 23.5 Å². The van der Waals surface area contributed by atoms with Gasteiger partial charge in [-0.3, -0.25) is 9.59 Å². The molecule has 2 aromatic heterocycles. The van der Waals surface area contributed by atoms with Crippen LogP contribution >= 0.6 is 0 Å². The lowest BCUT2D eigenvalue weighted by atomic mass is 9.94. The van der Waals surface area contributed by atoms with Crippen LogP contribution in [0.25, 0.3) is 11.0 Å². The summed E-state index contributed by atoms with van der Waals surface area (Å²) in [7, 11) is 1.74. The second-order valence-electron chi connectivity index (χ2n) is 8.44. The maximum Gasteiger partial charge on any atom is 0.223 e. The van der Waals surface area contributed by atoms with Gasteiger partial charge in [-0.15, -0.1) is 0 Å². The molecule has 1 atom stereocenters. The van der Waals surface area contributed by atoms with Crippen LogP contribution in [0.2, 0.25) is 0 Å². The first-order valence-corrected chi connectivity index (χ1v) is 10.8. The number of likely N-dealkylation sites (tertiary alicyclic amines) is 1. The van der Waals surface area contributed by atoms with Crippen molar-refractivity contribution in [1.29, 1.82) is 0 Å². The van der Waals surface area contributed by atoms with E-state index in [0.717, 1.165) is 12.8 Å². The van der Waals surface area contributed by atoms with E-state index in [0.29, 0.717) is 67.1 Å². The molecule has 3 heterocycles. The molecule has 10 heteroatoms.